The first-order chi connectivity index (χ1) is 9.94. The molecular weight excluding hydrogens is 304 g/mol. The van der Waals surface area contributed by atoms with E-state index in [0.717, 1.165) is 31.2 Å². The molecule has 6 heteroatoms. The first kappa shape index (κ1) is 16.4. The third-order valence-electron chi connectivity index (χ3n) is 3.96. The molecule has 1 unspecified atom stereocenters. The van der Waals surface area contributed by atoms with Crippen molar-refractivity contribution in [3.05, 3.63) is 35.4 Å². The van der Waals surface area contributed by atoms with Crippen molar-refractivity contribution in [1.29, 1.82) is 0 Å². The van der Waals surface area contributed by atoms with Crippen molar-refractivity contribution in [1.82, 2.24) is 4.31 Å². The Balaban J connectivity index is 2.20. The van der Waals surface area contributed by atoms with Crippen LogP contribution in [0.3, 0.4) is 0 Å². The van der Waals surface area contributed by atoms with Gasteiger partial charge in [0.1, 0.15) is 4.99 Å². The minimum absolute atomic E-state index is 0.0138. The number of nitrogens with two attached hydrogens (primary N) is 1. The van der Waals surface area contributed by atoms with Crippen molar-refractivity contribution in [2.75, 3.05) is 6.54 Å². The molecule has 1 aliphatic rings. The van der Waals surface area contributed by atoms with E-state index in [1.165, 1.54) is 0 Å². The highest BCUT2D eigenvalue weighted by atomic mass is 32.2. The summed E-state index contributed by atoms with van der Waals surface area (Å²) < 4.78 is 27.0. The third-order valence-corrected chi connectivity index (χ3v) is 6.09. The van der Waals surface area contributed by atoms with Gasteiger partial charge in [-0.15, -0.1) is 0 Å². The van der Waals surface area contributed by atoms with Crippen molar-refractivity contribution < 1.29 is 8.42 Å². The van der Waals surface area contributed by atoms with Crippen LogP contribution in [0.25, 0.3) is 0 Å². The highest BCUT2D eigenvalue weighted by Gasteiger charge is 2.31. The maximum Gasteiger partial charge on any atom is 0.218 e. The summed E-state index contributed by atoms with van der Waals surface area (Å²) in [6, 6.07) is 7.32. The van der Waals surface area contributed by atoms with E-state index in [4.69, 9.17) is 18.0 Å². The lowest BCUT2D eigenvalue weighted by atomic mass is 10.0. The fraction of sp³-hybridized carbons (Fsp3) is 0.533. The Labute approximate surface area is 132 Å². The summed E-state index contributed by atoms with van der Waals surface area (Å²) in [7, 11) is -3.29. The van der Waals surface area contributed by atoms with Gasteiger partial charge in [-0.2, -0.15) is 4.31 Å². The number of thiocarbonyl (C=S) groups is 1. The first-order valence-electron chi connectivity index (χ1n) is 7.32. The van der Waals surface area contributed by atoms with Crippen molar-refractivity contribution in [3.63, 3.8) is 0 Å². The second-order valence-electron chi connectivity index (χ2n) is 5.49. The lowest BCUT2D eigenvalue weighted by molar-refractivity contribution is 0.246. The summed E-state index contributed by atoms with van der Waals surface area (Å²) in [6.07, 6.45) is 3.89. The smallest absolute Gasteiger partial charge is 0.218 e. The molecule has 1 aromatic rings. The van der Waals surface area contributed by atoms with Gasteiger partial charge in [-0.25, -0.2) is 8.42 Å². The molecule has 1 fully saturated rings. The van der Waals surface area contributed by atoms with E-state index in [-0.39, 0.29) is 11.8 Å². The summed E-state index contributed by atoms with van der Waals surface area (Å²) in [5, 5.41) is 0. The Morgan fingerprint density at radius 3 is 2.86 bits per heavy atom. The van der Waals surface area contributed by atoms with Crippen molar-refractivity contribution >= 4 is 27.2 Å². The zero-order valence-electron chi connectivity index (χ0n) is 12.3. The van der Waals surface area contributed by atoms with Crippen LogP contribution in [-0.4, -0.2) is 30.3 Å². The molecule has 1 aliphatic heterocycles. The monoisotopic (exact) mass is 326 g/mol. The molecule has 0 amide bonds. The van der Waals surface area contributed by atoms with Crippen LogP contribution in [0.1, 0.15) is 43.7 Å². The Kier molecular flexibility index (Phi) is 5.35. The normalized spacial score (nSPS) is 20.3. The zero-order valence-corrected chi connectivity index (χ0v) is 13.9. The average molecular weight is 326 g/mol. The maximum absolute atomic E-state index is 12.7. The summed E-state index contributed by atoms with van der Waals surface area (Å²) in [4.78, 5) is 0.290. The number of piperidine rings is 1. The molecule has 0 bridgehead atoms. The van der Waals surface area contributed by atoms with Crippen LogP contribution in [-0.2, 0) is 15.8 Å². The van der Waals surface area contributed by atoms with Gasteiger partial charge >= 0.3 is 0 Å². The number of sulfonamides is 1. The molecule has 0 aromatic heterocycles. The molecule has 0 radical (unpaired) electrons. The minimum atomic E-state index is -3.29. The molecule has 1 heterocycles. The molecule has 1 saturated heterocycles. The standard InChI is InChI=1S/C15H22N2O2S2/c1-2-14-8-3-4-9-17(14)21(18,19)11-12-6-5-7-13(10-12)15(16)20/h5-7,10,14H,2-4,8-9,11H2,1H3,(H2,16,20). The van der Waals surface area contributed by atoms with Crippen LogP contribution in [0.2, 0.25) is 0 Å². The largest absolute Gasteiger partial charge is 0.389 e. The lowest BCUT2D eigenvalue weighted by Crippen LogP contribution is -2.43. The number of nitrogens with zero attached hydrogens (tertiary/aromatic N) is 1. The summed E-state index contributed by atoms with van der Waals surface area (Å²) in [5.74, 6) is 0.0138. The molecule has 0 saturated carbocycles. The van der Waals surface area contributed by atoms with Gasteiger partial charge in [-0.1, -0.05) is 43.8 Å². The molecular formula is C15H22N2O2S2. The van der Waals surface area contributed by atoms with Crippen LogP contribution < -0.4 is 5.73 Å². The quantitative estimate of drug-likeness (QED) is 0.844. The van der Waals surface area contributed by atoms with Crippen LogP contribution in [0.5, 0.6) is 0 Å². The molecule has 0 aliphatic carbocycles. The number of hydrogen-bond donors (Lipinski definition) is 1. The molecule has 1 atom stereocenters. The molecule has 116 valence electrons. The zero-order chi connectivity index (χ0) is 15.5. The van der Waals surface area contributed by atoms with E-state index in [0.29, 0.717) is 17.1 Å². The van der Waals surface area contributed by atoms with Crippen LogP contribution in [0.4, 0.5) is 0 Å². The number of benzene rings is 1. The van der Waals surface area contributed by atoms with Crippen LogP contribution >= 0.6 is 12.2 Å². The lowest BCUT2D eigenvalue weighted by Gasteiger charge is -2.34. The Hall–Kier alpha value is -0.980. The molecule has 1 aromatic carbocycles. The topological polar surface area (TPSA) is 63.4 Å². The van der Waals surface area contributed by atoms with E-state index in [2.05, 4.69) is 0 Å². The fourth-order valence-electron chi connectivity index (χ4n) is 2.86. The minimum Gasteiger partial charge on any atom is -0.389 e. The predicted octanol–water partition coefficient (Wildman–Crippen LogP) is 2.42. The molecule has 21 heavy (non-hydrogen) atoms. The maximum atomic E-state index is 12.7. The van der Waals surface area contributed by atoms with E-state index in [9.17, 15) is 8.42 Å². The summed E-state index contributed by atoms with van der Waals surface area (Å²) >= 11 is 4.94. The van der Waals surface area contributed by atoms with Gasteiger partial charge in [0.05, 0.1) is 5.75 Å². The van der Waals surface area contributed by atoms with Gasteiger partial charge in [0, 0.05) is 18.2 Å². The average Bonchev–Trinajstić information content (AvgIpc) is 2.47. The summed E-state index contributed by atoms with van der Waals surface area (Å²) in [5.41, 5.74) is 7.05. The van der Waals surface area contributed by atoms with Gasteiger partial charge < -0.3 is 5.73 Å². The van der Waals surface area contributed by atoms with Crippen molar-refractivity contribution in [2.24, 2.45) is 5.73 Å². The molecule has 0 spiro atoms. The Bertz CT molecular complexity index is 614. The number of rotatable bonds is 5. The molecule has 2 rings (SSSR count). The van der Waals surface area contributed by atoms with E-state index >= 15 is 0 Å². The van der Waals surface area contributed by atoms with Gasteiger partial charge in [0.15, 0.2) is 0 Å². The first-order valence-corrected chi connectivity index (χ1v) is 9.34. The van der Waals surface area contributed by atoms with Crippen LogP contribution in [0.15, 0.2) is 24.3 Å². The third kappa shape index (κ3) is 4.02. The molecule has 2 N–H and O–H groups in total. The molecule has 4 nitrogen and oxygen atoms in total. The van der Waals surface area contributed by atoms with E-state index < -0.39 is 10.0 Å². The number of hydrogen-bond acceptors (Lipinski definition) is 3. The highest BCUT2D eigenvalue weighted by molar-refractivity contribution is 7.88. The Morgan fingerprint density at radius 2 is 2.19 bits per heavy atom. The Morgan fingerprint density at radius 1 is 1.43 bits per heavy atom. The van der Waals surface area contributed by atoms with E-state index in [1.54, 1.807) is 22.5 Å². The van der Waals surface area contributed by atoms with Crippen molar-refractivity contribution in [3.8, 4) is 0 Å². The van der Waals surface area contributed by atoms with Gasteiger partial charge in [-0.05, 0) is 30.9 Å². The van der Waals surface area contributed by atoms with Crippen molar-refractivity contribution in [2.45, 2.75) is 44.4 Å². The SMILES string of the molecule is CCC1CCCCN1S(=O)(=O)Cc1cccc(C(N)=S)c1. The van der Waals surface area contributed by atoms with Crippen LogP contribution in [0, 0.1) is 0 Å². The second kappa shape index (κ2) is 6.85. The highest BCUT2D eigenvalue weighted by Crippen LogP contribution is 2.24. The predicted molar refractivity (Wildman–Crippen MR) is 89.6 cm³/mol. The van der Waals surface area contributed by atoms with Gasteiger partial charge in [0.2, 0.25) is 10.0 Å². The summed E-state index contributed by atoms with van der Waals surface area (Å²) in [6.45, 7) is 2.68. The second-order valence-corrected chi connectivity index (χ2v) is 7.85. The van der Waals surface area contributed by atoms with Gasteiger partial charge in [-0.3, -0.25) is 0 Å². The van der Waals surface area contributed by atoms with Gasteiger partial charge in [0.25, 0.3) is 0 Å². The van der Waals surface area contributed by atoms with E-state index in [1.807, 2.05) is 13.0 Å². The fourth-order valence-corrected chi connectivity index (χ4v) is 4.87.